The summed E-state index contributed by atoms with van der Waals surface area (Å²) in [6, 6.07) is 11.8. The number of benzene rings is 2. The van der Waals surface area contributed by atoms with E-state index in [9.17, 15) is 9.59 Å². The second-order valence-corrected chi connectivity index (χ2v) is 6.26. The van der Waals surface area contributed by atoms with Gasteiger partial charge in [-0.2, -0.15) is 0 Å². The van der Waals surface area contributed by atoms with Gasteiger partial charge in [-0.3, -0.25) is 20.4 Å². The second-order valence-electron chi connectivity index (χ2n) is 6.26. The zero-order valence-corrected chi connectivity index (χ0v) is 16.6. The molecule has 0 bridgehead atoms. The number of hydrogen-bond donors (Lipinski definition) is 2. The molecule has 0 aromatic heterocycles. The zero-order valence-electron chi connectivity index (χ0n) is 16.6. The summed E-state index contributed by atoms with van der Waals surface area (Å²) in [5.74, 6) is 0.117. The SMILES string of the molecule is CCOc1ccc(C(=O)NNC(=O)c2ccc(COC(C)C)cc2)cc1OC. The van der Waals surface area contributed by atoms with Crippen LogP contribution in [0.2, 0.25) is 0 Å². The molecule has 0 heterocycles. The molecule has 7 nitrogen and oxygen atoms in total. The van der Waals surface area contributed by atoms with E-state index in [1.165, 1.54) is 7.11 Å². The predicted molar refractivity (Wildman–Crippen MR) is 105 cm³/mol. The molecule has 0 radical (unpaired) electrons. The zero-order chi connectivity index (χ0) is 20.5. The Hall–Kier alpha value is -3.06. The van der Waals surface area contributed by atoms with E-state index >= 15 is 0 Å². The summed E-state index contributed by atoms with van der Waals surface area (Å²) in [5, 5.41) is 0. The maximum Gasteiger partial charge on any atom is 0.269 e. The van der Waals surface area contributed by atoms with Gasteiger partial charge in [0.1, 0.15) is 0 Å². The number of ether oxygens (including phenoxy) is 3. The van der Waals surface area contributed by atoms with Crippen LogP contribution in [0.3, 0.4) is 0 Å². The van der Waals surface area contributed by atoms with E-state index in [1.807, 2.05) is 32.9 Å². The van der Waals surface area contributed by atoms with Crippen molar-refractivity contribution in [3.63, 3.8) is 0 Å². The molecule has 28 heavy (non-hydrogen) atoms. The van der Waals surface area contributed by atoms with E-state index in [0.29, 0.717) is 35.8 Å². The van der Waals surface area contributed by atoms with Gasteiger partial charge in [-0.1, -0.05) is 12.1 Å². The van der Waals surface area contributed by atoms with Gasteiger partial charge in [-0.05, 0) is 56.7 Å². The van der Waals surface area contributed by atoms with Gasteiger partial charge in [0.2, 0.25) is 0 Å². The lowest BCUT2D eigenvalue weighted by Crippen LogP contribution is -2.41. The van der Waals surface area contributed by atoms with Crippen molar-refractivity contribution in [1.82, 2.24) is 10.9 Å². The number of rotatable bonds is 8. The largest absolute Gasteiger partial charge is 0.493 e. The van der Waals surface area contributed by atoms with Crippen LogP contribution in [-0.4, -0.2) is 31.6 Å². The Morgan fingerprint density at radius 1 is 0.929 bits per heavy atom. The fourth-order valence-corrected chi connectivity index (χ4v) is 2.36. The van der Waals surface area contributed by atoms with Crippen molar-refractivity contribution in [3.8, 4) is 11.5 Å². The fraction of sp³-hybridized carbons (Fsp3) is 0.333. The van der Waals surface area contributed by atoms with Crippen LogP contribution in [0.1, 0.15) is 47.1 Å². The standard InChI is InChI=1S/C21H26N2O5/c1-5-27-18-11-10-17(12-19(18)26-4)21(25)23-22-20(24)16-8-6-15(7-9-16)13-28-14(2)3/h6-12,14H,5,13H2,1-4H3,(H,22,24)(H,23,25). The van der Waals surface area contributed by atoms with Gasteiger partial charge < -0.3 is 14.2 Å². The summed E-state index contributed by atoms with van der Waals surface area (Å²) in [6.45, 7) is 6.75. The van der Waals surface area contributed by atoms with E-state index in [4.69, 9.17) is 14.2 Å². The number of carbonyl (C=O) groups is 2. The first kappa shape index (κ1) is 21.2. The maximum atomic E-state index is 12.3. The number of carbonyl (C=O) groups excluding carboxylic acids is 2. The summed E-state index contributed by atoms with van der Waals surface area (Å²) in [5.41, 5.74) is 6.53. The molecule has 0 fully saturated rings. The van der Waals surface area contributed by atoms with Gasteiger partial charge in [0.25, 0.3) is 11.8 Å². The van der Waals surface area contributed by atoms with Crippen molar-refractivity contribution in [2.24, 2.45) is 0 Å². The van der Waals surface area contributed by atoms with Crippen LogP contribution in [0.15, 0.2) is 42.5 Å². The van der Waals surface area contributed by atoms with Crippen molar-refractivity contribution >= 4 is 11.8 Å². The van der Waals surface area contributed by atoms with E-state index in [0.717, 1.165) is 5.56 Å². The number of hydrazine groups is 1. The molecular formula is C21H26N2O5. The summed E-state index contributed by atoms with van der Waals surface area (Å²) in [4.78, 5) is 24.5. The molecule has 2 aromatic carbocycles. The topological polar surface area (TPSA) is 85.9 Å². The van der Waals surface area contributed by atoms with Crippen LogP contribution in [0.25, 0.3) is 0 Å². The maximum absolute atomic E-state index is 12.3. The Bertz CT molecular complexity index is 803. The Morgan fingerprint density at radius 3 is 2.11 bits per heavy atom. The molecule has 0 aliphatic heterocycles. The Labute approximate surface area is 165 Å². The predicted octanol–water partition coefficient (Wildman–Crippen LogP) is 3.09. The van der Waals surface area contributed by atoms with Crippen molar-refractivity contribution in [1.29, 1.82) is 0 Å². The fourth-order valence-electron chi connectivity index (χ4n) is 2.36. The molecule has 2 rings (SSSR count). The highest BCUT2D eigenvalue weighted by molar-refractivity contribution is 5.99. The average Bonchev–Trinajstić information content (AvgIpc) is 2.71. The lowest BCUT2D eigenvalue weighted by molar-refractivity contribution is 0.0656. The van der Waals surface area contributed by atoms with E-state index < -0.39 is 11.8 Å². The molecular weight excluding hydrogens is 360 g/mol. The van der Waals surface area contributed by atoms with Crippen LogP contribution in [-0.2, 0) is 11.3 Å². The summed E-state index contributed by atoms with van der Waals surface area (Å²) in [7, 11) is 1.50. The van der Waals surface area contributed by atoms with Crippen molar-refractivity contribution in [2.45, 2.75) is 33.5 Å². The van der Waals surface area contributed by atoms with Gasteiger partial charge in [0.15, 0.2) is 11.5 Å². The molecule has 0 saturated heterocycles. The summed E-state index contributed by atoms with van der Waals surface area (Å²) < 4.78 is 16.2. The summed E-state index contributed by atoms with van der Waals surface area (Å²) in [6.07, 6.45) is 0.138. The first-order valence-electron chi connectivity index (χ1n) is 9.06. The minimum absolute atomic E-state index is 0.138. The molecule has 0 atom stereocenters. The Balaban J connectivity index is 1.94. The van der Waals surface area contributed by atoms with E-state index in [-0.39, 0.29) is 6.10 Å². The van der Waals surface area contributed by atoms with Gasteiger partial charge in [0, 0.05) is 11.1 Å². The van der Waals surface area contributed by atoms with E-state index in [1.54, 1.807) is 30.3 Å². The normalized spacial score (nSPS) is 10.5. The molecule has 2 aromatic rings. The molecule has 0 aliphatic rings. The number of nitrogens with one attached hydrogen (secondary N) is 2. The van der Waals surface area contributed by atoms with Crippen LogP contribution in [0, 0.1) is 0 Å². The third-order valence-electron chi connectivity index (χ3n) is 3.81. The lowest BCUT2D eigenvalue weighted by Gasteiger charge is -2.12. The quantitative estimate of drug-likeness (QED) is 0.681. The molecule has 0 aliphatic carbocycles. The van der Waals surface area contributed by atoms with E-state index in [2.05, 4.69) is 10.9 Å². The molecule has 150 valence electrons. The van der Waals surface area contributed by atoms with Crippen LogP contribution >= 0.6 is 0 Å². The number of methoxy groups -OCH3 is 1. The highest BCUT2D eigenvalue weighted by Gasteiger charge is 2.12. The molecule has 2 N–H and O–H groups in total. The average molecular weight is 386 g/mol. The third kappa shape index (κ3) is 5.99. The van der Waals surface area contributed by atoms with Gasteiger partial charge >= 0.3 is 0 Å². The lowest BCUT2D eigenvalue weighted by atomic mass is 10.1. The van der Waals surface area contributed by atoms with Crippen molar-refractivity contribution < 1.29 is 23.8 Å². The van der Waals surface area contributed by atoms with Gasteiger partial charge in [-0.15, -0.1) is 0 Å². The van der Waals surface area contributed by atoms with Crippen molar-refractivity contribution in [3.05, 3.63) is 59.2 Å². The Kier molecular flexibility index (Phi) is 7.83. The van der Waals surface area contributed by atoms with Gasteiger partial charge in [-0.25, -0.2) is 0 Å². The Morgan fingerprint density at radius 2 is 1.54 bits per heavy atom. The molecule has 0 spiro atoms. The van der Waals surface area contributed by atoms with Crippen molar-refractivity contribution in [2.75, 3.05) is 13.7 Å². The number of hydrogen-bond acceptors (Lipinski definition) is 5. The minimum Gasteiger partial charge on any atom is -0.493 e. The molecule has 7 heteroatoms. The molecule has 0 unspecified atom stereocenters. The second kappa shape index (κ2) is 10.3. The van der Waals surface area contributed by atoms with Crippen LogP contribution < -0.4 is 20.3 Å². The van der Waals surface area contributed by atoms with Gasteiger partial charge in [0.05, 0.1) is 26.4 Å². The highest BCUT2D eigenvalue weighted by Crippen LogP contribution is 2.27. The van der Waals surface area contributed by atoms with Crippen LogP contribution in [0.4, 0.5) is 0 Å². The summed E-state index contributed by atoms with van der Waals surface area (Å²) >= 11 is 0. The molecule has 0 saturated carbocycles. The minimum atomic E-state index is -0.461. The number of amides is 2. The smallest absolute Gasteiger partial charge is 0.269 e. The molecule has 2 amide bonds. The van der Waals surface area contributed by atoms with Crippen LogP contribution in [0.5, 0.6) is 11.5 Å². The highest BCUT2D eigenvalue weighted by atomic mass is 16.5. The third-order valence-corrected chi connectivity index (χ3v) is 3.81. The first-order valence-corrected chi connectivity index (χ1v) is 9.06. The monoisotopic (exact) mass is 386 g/mol. The first-order chi connectivity index (χ1) is 13.4.